The fourth-order valence-corrected chi connectivity index (χ4v) is 3.62. The molecule has 0 heterocycles. The summed E-state index contributed by atoms with van der Waals surface area (Å²) in [6.45, 7) is 2.48. The second-order valence-corrected chi connectivity index (χ2v) is 7.34. The van der Waals surface area contributed by atoms with Crippen LogP contribution in [0.25, 0.3) is 0 Å². The summed E-state index contributed by atoms with van der Waals surface area (Å²) >= 11 is 0. The smallest absolute Gasteiger partial charge is 0.227 e. The van der Waals surface area contributed by atoms with Crippen molar-refractivity contribution in [3.63, 3.8) is 0 Å². The standard InChI is InChI=1S/C22H24F2N2O2/c1-14-4-2-5-15(12-14)13-25-21(27)16-8-10-17(11-9-16)22(28)26-20-18(23)6-3-7-19(20)24/h2-7,12,16-17H,8-11,13H2,1H3,(H,25,27)(H,26,28). The second-order valence-electron chi connectivity index (χ2n) is 7.34. The zero-order valence-corrected chi connectivity index (χ0v) is 15.8. The Kier molecular flexibility index (Phi) is 6.39. The van der Waals surface area contributed by atoms with E-state index in [0.717, 1.165) is 23.3 Å². The van der Waals surface area contributed by atoms with Crippen LogP contribution < -0.4 is 10.6 Å². The highest BCUT2D eigenvalue weighted by molar-refractivity contribution is 5.93. The number of halogens is 2. The maximum absolute atomic E-state index is 13.7. The lowest BCUT2D eigenvalue weighted by Gasteiger charge is -2.27. The average Bonchev–Trinajstić information content (AvgIpc) is 2.69. The fraction of sp³-hybridized carbons (Fsp3) is 0.364. The van der Waals surface area contributed by atoms with Gasteiger partial charge in [0.15, 0.2) is 0 Å². The van der Waals surface area contributed by atoms with Crippen molar-refractivity contribution in [1.29, 1.82) is 0 Å². The Labute approximate surface area is 163 Å². The first-order chi connectivity index (χ1) is 13.4. The first-order valence-corrected chi connectivity index (χ1v) is 9.52. The molecule has 0 unspecified atom stereocenters. The van der Waals surface area contributed by atoms with E-state index in [1.807, 2.05) is 31.2 Å². The molecule has 0 saturated heterocycles. The van der Waals surface area contributed by atoms with Crippen molar-refractivity contribution < 1.29 is 18.4 Å². The van der Waals surface area contributed by atoms with Gasteiger partial charge in [-0.15, -0.1) is 0 Å². The van der Waals surface area contributed by atoms with Crippen molar-refractivity contribution in [3.05, 3.63) is 65.2 Å². The van der Waals surface area contributed by atoms with E-state index >= 15 is 0 Å². The molecule has 0 aliphatic heterocycles. The van der Waals surface area contributed by atoms with Gasteiger partial charge in [-0.25, -0.2) is 8.78 Å². The molecule has 0 spiro atoms. The molecule has 4 nitrogen and oxygen atoms in total. The minimum atomic E-state index is -0.794. The summed E-state index contributed by atoms with van der Waals surface area (Å²) in [6.07, 6.45) is 2.20. The van der Waals surface area contributed by atoms with Crippen LogP contribution in [-0.2, 0) is 16.1 Å². The topological polar surface area (TPSA) is 58.2 Å². The van der Waals surface area contributed by atoms with Crippen LogP contribution in [0.3, 0.4) is 0 Å². The Balaban J connectivity index is 1.48. The Morgan fingerprint density at radius 1 is 0.929 bits per heavy atom. The second kappa shape index (κ2) is 8.95. The Hall–Kier alpha value is -2.76. The summed E-state index contributed by atoms with van der Waals surface area (Å²) < 4.78 is 27.4. The number of hydrogen-bond donors (Lipinski definition) is 2. The highest BCUT2D eigenvalue weighted by Crippen LogP contribution is 2.30. The largest absolute Gasteiger partial charge is 0.352 e. The van der Waals surface area contributed by atoms with Gasteiger partial charge in [-0.2, -0.15) is 0 Å². The molecule has 2 aromatic rings. The highest BCUT2D eigenvalue weighted by Gasteiger charge is 2.30. The summed E-state index contributed by atoms with van der Waals surface area (Å²) in [5.41, 5.74) is 1.78. The molecule has 1 aliphatic carbocycles. The lowest BCUT2D eigenvalue weighted by molar-refractivity contribution is -0.128. The van der Waals surface area contributed by atoms with E-state index in [4.69, 9.17) is 0 Å². The molecule has 0 bridgehead atoms. The summed E-state index contributed by atoms with van der Waals surface area (Å²) in [5, 5.41) is 5.31. The first-order valence-electron chi connectivity index (χ1n) is 9.52. The van der Waals surface area contributed by atoms with Crippen molar-refractivity contribution in [3.8, 4) is 0 Å². The summed E-state index contributed by atoms with van der Waals surface area (Å²) in [6, 6.07) is 11.4. The lowest BCUT2D eigenvalue weighted by Crippen LogP contribution is -2.35. The Morgan fingerprint density at radius 2 is 1.50 bits per heavy atom. The van der Waals surface area contributed by atoms with E-state index in [2.05, 4.69) is 10.6 Å². The fourth-order valence-electron chi connectivity index (χ4n) is 3.62. The van der Waals surface area contributed by atoms with E-state index in [9.17, 15) is 18.4 Å². The van der Waals surface area contributed by atoms with E-state index in [1.54, 1.807) is 0 Å². The zero-order valence-electron chi connectivity index (χ0n) is 15.8. The van der Waals surface area contributed by atoms with Crippen LogP contribution in [0.4, 0.5) is 14.5 Å². The molecule has 2 aromatic carbocycles. The van der Waals surface area contributed by atoms with Gasteiger partial charge in [-0.05, 0) is 50.3 Å². The van der Waals surface area contributed by atoms with Crippen LogP contribution in [0.1, 0.15) is 36.8 Å². The molecule has 0 atom stereocenters. The summed E-state index contributed by atoms with van der Waals surface area (Å²) in [5.74, 6) is -2.49. The molecule has 1 saturated carbocycles. The molecule has 6 heteroatoms. The van der Waals surface area contributed by atoms with Gasteiger partial charge in [-0.1, -0.05) is 35.9 Å². The number of hydrogen-bond acceptors (Lipinski definition) is 2. The average molecular weight is 386 g/mol. The molecular weight excluding hydrogens is 362 g/mol. The predicted octanol–water partition coefficient (Wildman–Crippen LogP) is 4.33. The van der Waals surface area contributed by atoms with E-state index in [0.29, 0.717) is 32.2 Å². The third-order valence-corrected chi connectivity index (χ3v) is 5.23. The van der Waals surface area contributed by atoms with Crippen LogP contribution in [0.2, 0.25) is 0 Å². The van der Waals surface area contributed by atoms with Gasteiger partial charge < -0.3 is 10.6 Å². The lowest BCUT2D eigenvalue weighted by atomic mass is 9.81. The van der Waals surface area contributed by atoms with Crippen LogP contribution in [-0.4, -0.2) is 11.8 Å². The van der Waals surface area contributed by atoms with Crippen LogP contribution in [0, 0.1) is 30.4 Å². The number of aryl methyl sites for hydroxylation is 1. The molecule has 1 fully saturated rings. The molecule has 1 aliphatic rings. The normalized spacial score (nSPS) is 19.1. The molecule has 0 radical (unpaired) electrons. The molecule has 3 rings (SSSR count). The van der Waals surface area contributed by atoms with Gasteiger partial charge in [0, 0.05) is 18.4 Å². The van der Waals surface area contributed by atoms with Gasteiger partial charge in [-0.3, -0.25) is 9.59 Å². The first kappa shape index (κ1) is 20.0. The zero-order chi connectivity index (χ0) is 20.1. The van der Waals surface area contributed by atoms with Gasteiger partial charge in [0.25, 0.3) is 0 Å². The van der Waals surface area contributed by atoms with Crippen molar-refractivity contribution in [2.75, 3.05) is 5.32 Å². The molecule has 2 N–H and O–H groups in total. The summed E-state index contributed by atoms with van der Waals surface area (Å²) in [4.78, 5) is 24.7. The third kappa shape index (κ3) is 4.94. The monoisotopic (exact) mass is 386 g/mol. The van der Waals surface area contributed by atoms with Crippen LogP contribution >= 0.6 is 0 Å². The Morgan fingerprint density at radius 3 is 2.11 bits per heavy atom. The van der Waals surface area contributed by atoms with Gasteiger partial charge >= 0.3 is 0 Å². The molecule has 2 amide bonds. The number of nitrogens with one attached hydrogen (secondary N) is 2. The minimum Gasteiger partial charge on any atom is -0.352 e. The van der Waals surface area contributed by atoms with Crippen molar-refractivity contribution in [2.45, 2.75) is 39.2 Å². The third-order valence-electron chi connectivity index (χ3n) is 5.23. The van der Waals surface area contributed by atoms with Crippen molar-refractivity contribution >= 4 is 17.5 Å². The van der Waals surface area contributed by atoms with E-state index in [-0.39, 0.29) is 17.7 Å². The highest BCUT2D eigenvalue weighted by atomic mass is 19.1. The van der Waals surface area contributed by atoms with E-state index in [1.165, 1.54) is 6.07 Å². The molecular formula is C22H24F2N2O2. The maximum Gasteiger partial charge on any atom is 0.227 e. The minimum absolute atomic E-state index is 0.0134. The quantitative estimate of drug-likeness (QED) is 0.803. The van der Waals surface area contributed by atoms with Crippen LogP contribution in [0.5, 0.6) is 0 Å². The SMILES string of the molecule is Cc1cccc(CNC(=O)C2CCC(C(=O)Nc3c(F)cccc3F)CC2)c1. The number of para-hydroxylation sites is 1. The number of benzene rings is 2. The number of carbonyl (C=O) groups excluding carboxylic acids is 2. The van der Waals surface area contributed by atoms with Crippen molar-refractivity contribution in [2.24, 2.45) is 11.8 Å². The summed E-state index contributed by atoms with van der Waals surface area (Å²) in [7, 11) is 0. The van der Waals surface area contributed by atoms with Gasteiger partial charge in [0.05, 0.1) is 0 Å². The Bertz CT molecular complexity index is 841. The number of amides is 2. The van der Waals surface area contributed by atoms with Crippen LogP contribution in [0.15, 0.2) is 42.5 Å². The van der Waals surface area contributed by atoms with Gasteiger partial charge in [0.2, 0.25) is 11.8 Å². The maximum atomic E-state index is 13.7. The van der Waals surface area contributed by atoms with Gasteiger partial charge in [0.1, 0.15) is 17.3 Å². The molecule has 28 heavy (non-hydrogen) atoms. The predicted molar refractivity (Wildman–Crippen MR) is 103 cm³/mol. The number of rotatable bonds is 5. The number of anilines is 1. The molecule has 0 aromatic heterocycles. The molecule has 148 valence electrons. The van der Waals surface area contributed by atoms with E-state index < -0.39 is 23.2 Å². The van der Waals surface area contributed by atoms with Crippen molar-refractivity contribution in [1.82, 2.24) is 5.32 Å². The number of carbonyl (C=O) groups is 2.